The van der Waals surface area contributed by atoms with E-state index >= 15 is 0 Å². The number of halogens is 3. The molecule has 0 aromatic heterocycles. The van der Waals surface area contributed by atoms with Gasteiger partial charge in [0.15, 0.2) is 0 Å². The summed E-state index contributed by atoms with van der Waals surface area (Å²) in [6.45, 7) is 4.65. The van der Waals surface area contributed by atoms with Crippen molar-refractivity contribution in [2.45, 2.75) is 32.5 Å². The van der Waals surface area contributed by atoms with Crippen LogP contribution in [-0.2, 0) is 10.9 Å². The molecule has 2 nitrogen and oxygen atoms in total. The van der Waals surface area contributed by atoms with E-state index in [2.05, 4.69) is 0 Å². The summed E-state index contributed by atoms with van der Waals surface area (Å²) >= 11 is 0. The summed E-state index contributed by atoms with van der Waals surface area (Å²) in [7, 11) is 0. The third-order valence-electron chi connectivity index (χ3n) is 2.77. The Morgan fingerprint density at radius 1 is 1.33 bits per heavy atom. The fourth-order valence-corrected chi connectivity index (χ4v) is 1.78. The van der Waals surface area contributed by atoms with E-state index in [1.165, 1.54) is 6.07 Å². The molecule has 0 aliphatic rings. The van der Waals surface area contributed by atoms with Gasteiger partial charge in [-0.15, -0.1) is 0 Å². The van der Waals surface area contributed by atoms with Crippen LogP contribution in [-0.4, -0.2) is 13.2 Å². The highest BCUT2D eigenvalue weighted by molar-refractivity contribution is 5.34. The molecule has 1 rings (SSSR count). The van der Waals surface area contributed by atoms with E-state index in [9.17, 15) is 13.2 Å². The molecule has 0 radical (unpaired) electrons. The second-order valence-corrected chi connectivity index (χ2v) is 4.16. The van der Waals surface area contributed by atoms with Gasteiger partial charge in [-0.25, -0.2) is 0 Å². The predicted molar refractivity (Wildman–Crippen MR) is 64.2 cm³/mol. The minimum atomic E-state index is -4.31. The normalized spacial score (nSPS) is 13.7. The zero-order chi connectivity index (χ0) is 13.8. The number of benzene rings is 1. The SMILES string of the molecule is CCOCCC(N)c1ccc(C(F)(F)F)cc1C. The van der Waals surface area contributed by atoms with Crippen molar-refractivity contribution in [1.82, 2.24) is 0 Å². The first-order valence-corrected chi connectivity index (χ1v) is 5.87. The van der Waals surface area contributed by atoms with Crippen molar-refractivity contribution >= 4 is 0 Å². The zero-order valence-electron chi connectivity index (χ0n) is 10.6. The van der Waals surface area contributed by atoms with Gasteiger partial charge in [0, 0.05) is 19.3 Å². The molecule has 102 valence electrons. The topological polar surface area (TPSA) is 35.2 Å². The van der Waals surface area contributed by atoms with Gasteiger partial charge in [-0.3, -0.25) is 0 Å². The number of ether oxygens (including phenoxy) is 1. The summed E-state index contributed by atoms with van der Waals surface area (Å²) in [5, 5.41) is 0. The van der Waals surface area contributed by atoms with Gasteiger partial charge < -0.3 is 10.5 Å². The van der Waals surface area contributed by atoms with Gasteiger partial charge in [-0.2, -0.15) is 13.2 Å². The molecule has 0 aliphatic heterocycles. The second-order valence-electron chi connectivity index (χ2n) is 4.16. The van der Waals surface area contributed by atoms with Crippen LogP contribution in [0.5, 0.6) is 0 Å². The monoisotopic (exact) mass is 261 g/mol. The average molecular weight is 261 g/mol. The largest absolute Gasteiger partial charge is 0.416 e. The van der Waals surface area contributed by atoms with Crippen LogP contribution in [0.2, 0.25) is 0 Å². The molecule has 0 amide bonds. The molecule has 0 saturated carbocycles. The van der Waals surface area contributed by atoms with Crippen LogP contribution in [0.4, 0.5) is 13.2 Å². The zero-order valence-corrected chi connectivity index (χ0v) is 10.6. The minimum Gasteiger partial charge on any atom is -0.382 e. The number of alkyl halides is 3. The van der Waals surface area contributed by atoms with Gasteiger partial charge in [0.1, 0.15) is 0 Å². The van der Waals surface area contributed by atoms with Gasteiger partial charge in [-0.1, -0.05) is 6.07 Å². The van der Waals surface area contributed by atoms with Crippen molar-refractivity contribution < 1.29 is 17.9 Å². The van der Waals surface area contributed by atoms with Crippen molar-refractivity contribution in [1.29, 1.82) is 0 Å². The minimum absolute atomic E-state index is 0.293. The molecule has 0 fully saturated rings. The molecule has 5 heteroatoms. The summed E-state index contributed by atoms with van der Waals surface area (Å²) in [5.74, 6) is 0. The maximum absolute atomic E-state index is 12.5. The Morgan fingerprint density at radius 2 is 2.00 bits per heavy atom. The van der Waals surface area contributed by atoms with Crippen LogP contribution in [0.1, 0.15) is 36.1 Å². The van der Waals surface area contributed by atoms with Gasteiger partial charge in [0.25, 0.3) is 0 Å². The van der Waals surface area contributed by atoms with E-state index in [1.54, 1.807) is 6.92 Å². The van der Waals surface area contributed by atoms with E-state index in [-0.39, 0.29) is 6.04 Å². The summed E-state index contributed by atoms with van der Waals surface area (Å²) in [5.41, 5.74) is 6.60. The average Bonchev–Trinajstić information content (AvgIpc) is 2.27. The van der Waals surface area contributed by atoms with Crippen LogP contribution < -0.4 is 5.73 Å². The lowest BCUT2D eigenvalue weighted by Crippen LogP contribution is -2.15. The molecule has 1 atom stereocenters. The number of rotatable bonds is 5. The first-order valence-electron chi connectivity index (χ1n) is 5.87. The Bertz CT molecular complexity index is 390. The number of nitrogens with two attached hydrogens (primary N) is 1. The van der Waals surface area contributed by atoms with Gasteiger partial charge in [0.2, 0.25) is 0 Å². The van der Waals surface area contributed by atoms with E-state index < -0.39 is 11.7 Å². The molecule has 0 spiro atoms. The van der Waals surface area contributed by atoms with Crippen molar-refractivity contribution in [2.24, 2.45) is 5.73 Å². The molecule has 0 aliphatic carbocycles. The maximum Gasteiger partial charge on any atom is 0.416 e. The Labute approximate surface area is 105 Å². The highest BCUT2D eigenvalue weighted by Crippen LogP contribution is 2.31. The highest BCUT2D eigenvalue weighted by Gasteiger charge is 2.30. The Kier molecular flexibility index (Phi) is 5.16. The molecule has 1 aromatic rings. The number of hydrogen-bond acceptors (Lipinski definition) is 2. The molecule has 0 bridgehead atoms. The first kappa shape index (κ1) is 15.0. The molecular weight excluding hydrogens is 243 g/mol. The van der Waals surface area contributed by atoms with Crippen molar-refractivity contribution in [3.05, 3.63) is 34.9 Å². The highest BCUT2D eigenvalue weighted by atomic mass is 19.4. The third kappa shape index (κ3) is 3.99. The summed E-state index contributed by atoms with van der Waals surface area (Å²) in [4.78, 5) is 0. The summed E-state index contributed by atoms with van der Waals surface area (Å²) < 4.78 is 42.7. The molecule has 0 saturated heterocycles. The van der Waals surface area contributed by atoms with E-state index in [0.29, 0.717) is 25.2 Å². The van der Waals surface area contributed by atoms with Crippen LogP contribution in [0.3, 0.4) is 0 Å². The standard InChI is InChI=1S/C13H18F3NO/c1-3-18-7-6-12(17)11-5-4-10(8-9(11)2)13(14,15)16/h4-5,8,12H,3,6-7,17H2,1-2H3. The van der Waals surface area contributed by atoms with Crippen molar-refractivity contribution in [3.63, 3.8) is 0 Å². The van der Waals surface area contributed by atoms with Gasteiger partial charge in [-0.05, 0) is 43.5 Å². The molecule has 1 unspecified atom stereocenters. The Balaban J connectivity index is 2.79. The summed E-state index contributed by atoms with van der Waals surface area (Å²) in [6.07, 6.45) is -3.71. The lowest BCUT2D eigenvalue weighted by molar-refractivity contribution is -0.137. The molecule has 2 N–H and O–H groups in total. The maximum atomic E-state index is 12.5. The predicted octanol–water partition coefficient (Wildman–Crippen LogP) is 3.44. The quantitative estimate of drug-likeness (QED) is 0.824. The lowest BCUT2D eigenvalue weighted by atomic mass is 9.97. The third-order valence-corrected chi connectivity index (χ3v) is 2.77. The fraction of sp³-hybridized carbons (Fsp3) is 0.538. The fourth-order valence-electron chi connectivity index (χ4n) is 1.78. The van der Waals surface area contributed by atoms with Crippen LogP contribution in [0.25, 0.3) is 0 Å². The van der Waals surface area contributed by atoms with Gasteiger partial charge >= 0.3 is 6.18 Å². The molecule has 18 heavy (non-hydrogen) atoms. The first-order chi connectivity index (χ1) is 8.36. The lowest BCUT2D eigenvalue weighted by Gasteiger charge is -2.16. The van der Waals surface area contributed by atoms with E-state index in [1.807, 2.05) is 6.92 Å². The van der Waals surface area contributed by atoms with Crippen molar-refractivity contribution in [3.8, 4) is 0 Å². The molecule has 0 heterocycles. The molecule has 1 aromatic carbocycles. The number of hydrogen-bond donors (Lipinski definition) is 1. The summed E-state index contributed by atoms with van der Waals surface area (Å²) in [6, 6.07) is 3.37. The Morgan fingerprint density at radius 3 is 2.50 bits per heavy atom. The van der Waals surface area contributed by atoms with E-state index in [4.69, 9.17) is 10.5 Å². The van der Waals surface area contributed by atoms with Crippen LogP contribution in [0, 0.1) is 6.92 Å². The van der Waals surface area contributed by atoms with Crippen LogP contribution >= 0.6 is 0 Å². The molecular formula is C13H18F3NO. The Hall–Kier alpha value is -1.07. The van der Waals surface area contributed by atoms with Gasteiger partial charge in [0.05, 0.1) is 5.56 Å². The smallest absolute Gasteiger partial charge is 0.382 e. The number of aryl methyl sites for hydroxylation is 1. The van der Waals surface area contributed by atoms with Crippen molar-refractivity contribution in [2.75, 3.05) is 13.2 Å². The van der Waals surface area contributed by atoms with Crippen LogP contribution in [0.15, 0.2) is 18.2 Å². The van der Waals surface area contributed by atoms with E-state index in [0.717, 1.165) is 17.7 Å². The second kappa shape index (κ2) is 6.20.